The Morgan fingerprint density at radius 1 is 1.00 bits per heavy atom. The fourth-order valence-corrected chi connectivity index (χ4v) is 1.76. The van der Waals surface area contributed by atoms with Gasteiger partial charge in [0.15, 0.2) is 0 Å². The van der Waals surface area contributed by atoms with E-state index in [1.54, 1.807) is 0 Å². The van der Waals surface area contributed by atoms with Crippen LogP contribution in [-0.2, 0) is 0 Å². The maximum Gasteiger partial charge on any atom is 0.000679 e. The van der Waals surface area contributed by atoms with Crippen LogP contribution in [0.25, 0.3) is 0 Å². The van der Waals surface area contributed by atoms with E-state index in [0.29, 0.717) is 0 Å². The highest BCUT2D eigenvalue weighted by Crippen LogP contribution is 2.10. The Hall–Kier alpha value is -0.0400. The lowest BCUT2D eigenvalue weighted by Crippen LogP contribution is -2.28. The Morgan fingerprint density at radius 3 is 2.00 bits per heavy atom. The molecule has 0 radical (unpaired) electrons. The van der Waals surface area contributed by atoms with E-state index in [0.717, 1.165) is 5.92 Å². The molecule has 0 aliphatic carbocycles. The smallest absolute Gasteiger partial charge is 0.000679 e. The Kier molecular flexibility index (Phi) is 12.9. The molecule has 0 aromatic rings. The Morgan fingerprint density at radius 2 is 1.57 bits per heavy atom. The monoisotopic (exact) mass is 201 g/mol. The molecule has 1 heteroatoms. The van der Waals surface area contributed by atoms with Crippen molar-refractivity contribution in [2.24, 2.45) is 5.92 Å². The predicted octanol–water partition coefficient (Wildman–Crippen LogP) is 4.18. The first-order valence-corrected chi connectivity index (χ1v) is 5.96. The largest absolute Gasteiger partial charge is 0.304 e. The summed E-state index contributed by atoms with van der Waals surface area (Å²) in [5.41, 5.74) is 0. The summed E-state index contributed by atoms with van der Waals surface area (Å²) in [7, 11) is 0. The van der Waals surface area contributed by atoms with E-state index in [-0.39, 0.29) is 7.43 Å². The third-order valence-corrected chi connectivity index (χ3v) is 2.76. The molecular weight excluding hydrogens is 170 g/mol. The Bertz CT molecular complexity index is 97.4. The second kappa shape index (κ2) is 11.0. The van der Waals surface area contributed by atoms with Crippen LogP contribution in [0.15, 0.2) is 0 Å². The van der Waals surface area contributed by atoms with Gasteiger partial charge in [-0.3, -0.25) is 0 Å². The summed E-state index contributed by atoms with van der Waals surface area (Å²) in [6.07, 6.45) is 5.57. The highest BCUT2D eigenvalue weighted by molar-refractivity contribution is 4.60. The van der Waals surface area contributed by atoms with E-state index in [2.05, 4.69) is 32.6 Å². The standard InChI is InChI=1S/C12H27N.CH4/c1-5-8-9-10-12(4)11-13(6-2)7-3;/h12H,5-11H2,1-4H3;1H4. The quantitative estimate of drug-likeness (QED) is 0.532. The van der Waals surface area contributed by atoms with Gasteiger partial charge in [-0.05, 0) is 25.4 Å². The molecule has 0 aliphatic heterocycles. The fraction of sp³-hybridized carbons (Fsp3) is 1.00. The Balaban J connectivity index is 0. The average Bonchev–Trinajstić information content (AvgIpc) is 2.14. The van der Waals surface area contributed by atoms with E-state index in [4.69, 9.17) is 0 Å². The first-order valence-electron chi connectivity index (χ1n) is 5.96. The first-order chi connectivity index (χ1) is 6.24. The van der Waals surface area contributed by atoms with Crippen LogP contribution in [0.1, 0.15) is 60.8 Å². The van der Waals surface area contributed by atoms with Gasteiger partial charge in [0.25, 0.3) is 0 Å². The van der Waals surface area contributed by atoms with Crippen molar-refractivity contribution in [1.82, 2.24) is 4.90 Å². The minimum atomic E-state index is 0. The zero-order valence-electron chi connectivity index (χ0n) is 9.97. The third kappa shape index (κ3) is 8.55. The van der Waals surface area contributed by atoms with Crippen LogP contribution in [0.2, 0.25) is 0 Å². The molecule has 0 spiro atoms. The zero-order valence-corrected chi connectivity index (χ0v) is 9.97. The zero-order chi connectivity index (χ0) is 10.1. The van der Waals surface area contributed by atoms with Gasteiger partial charge in [-0.1, -0.05) is 54.4 Å². The van der Waals surface area contributed by atoms with Gasteiger partial charge < -0.3 is 4.90 Å². The molecule has 88 valence electrons. The van der Waals surface area contributed by atoms with Crippen LogP contribution in [0, 0.1) is 5.92 Å². The molecular formula is C13H31N. The van der Waals surface area contributed by atoms with Crippen molar-refractivity contribution >= 4 is 0 Å². The maximum absolute atomic E-state index is 2.52. The molecule has 0 saturated carbocycles. The first kappa shape index (κ1) is 16.4. The highest BCUT2D eigenvalue weighted by Gasteiger charge is 2.05. The van der Waals surface area contributed by atoms with Crippen LogP contribution in [0.5, 0.6) is 0 Å². The predicted molar refractivity (Wildman–Crippen MR) is 67.8 cm³/mol. The van der Waals surface area contributed by atoms with Crippen molar-refractivity contribution in [3.8, 4) is 0 Å². The summed E-state index contributed by atoms with van der Waals surface area (Å²) < 4.78 is 0. The van der Waals surface area contributed by atoms with Gasteiger partial charge in [-0.25, -0.2) is 0 Å². The van der Waals surface area contributed by atoms with Gasteiger partial charge in [-0.15, -0.1) is 0 Å². The van der Waals surface area contributed by atoms with Crippen molar-refractivity contribution in [3.63, 3.8) is 0 Å². The Labute approximate surface area is 91.9 Å². The van der Waals surface area contributed by atoms with Crippen LogP contribution in [-0.4, -0.2) is 24.5 Å². The molecule has 0 aromatic heterocycles. The molecule has 1 nitrogen and oxygen atoms in total. The van der Waals surface area contributed by atoms with E-state index < -0.39 is 0 Å². The van der Waals surface area contributed by atoms with Crippen molar-refractivity contribution in [1.29, 1.82) is 0 Å². The SMILES string of the molecule is C.CCCCCC(C)CN(CC)CC. The van der Waals surface area contributed by atoms with Crippen molar-refractivity contribution in [3.05, 3.63) is 0 Å². The molecule has 0 aliphatic rings. The van der Waals surface area contributed by atoms with Gasteiger partial charge in [0.05, 0.1) is 0 Å². The van der Waals surface area contributed by atoms with Gasteiger partial charge in [0.2, 0.25) is 0 Å². The lowest BCUT2D eigenvalue weighted by Gasteiger charge is -2.22. The van der Waals surface area contributed by atoms with Gasteiger partial charge in [0.1, 0.15) is 0 Å². The molecule has 0 amide bonds. The van der Waals surface area contributed by atoms with Crippen LogP contribution in [0.3, 0.4) is 0 Å². The molecule has 1 atom stereocenters. The lowest BCUT2D eigenvalue weighted by atomic mass is 10.0. The summed E-state index contributed by atoms with van der Waals surface area (Å²) in [4.78, 5) is 2.52. The topological polar surface area (TPSA) is 3.24 Å². The summed E-state index contributed by atoms with van der Waals surface area (Å²) in [6, 6.07) is 0. The van der Waals surface area contributed by atoms with Crippen molar-refractivity contribution in [2.45, 2.75) is 60.8 Å². The molecule has 1 unspecified atom stereocenters. The summed E-state index contributed by atoms with van der Waals surface area (Å²) in [5.74, 6) is 0.881. The van der Waals surface area contributed by atoms with Crippen molar-refractivity contribution in [2.75, 3.05) is 19.6 Å². The number of rotatable bonds is 8. The second-order valence-corrected chi connectivity index (χ2v) is 4.09. The molecule has 0 heterocycles. The van der Waals surface area contributed by atoms with E-state index in [9.17, 15) is 0 Å². The number of unbranched alkanes of at least 4 members (excludes halogenated alkanes) is 2. The molecule has 14 heavy (non-hydrogen) atoms. The molecule has 0 bridgehead atoms. The van der Waals surface area contributed by atoms with Gasteiger partial charge in [0, 0.05) is 6.54 Å². The molecule has 0 fully saturated rings. The summed E-state index contributed by atoms with van der Waals surface area (Å²) >= 11 is 0. The number of nitrogens with zero attached hydrogens (tertiary/aromatic N) is 1. The highest BCUT2D eigenvalue weighted by atomic mass is 15.1. The third-order valence-electron chi connectivity index (χ3n) is 2.76. The average molecular weight is 201 g/mol. The minimum Gasteiger partial charge on any atom is -0.304 e. The van der Waals surface area contributed by atoms with Crippen LogP contribution >= 0.6 is 0 Å². The second-order valence-electron chi connectivity index (χ2n) is 4.09. The fourth-order valence-electron chi connectivity index (χ4n) is 1.76. The molecule has 0 aromatic carbocycles. The molecule has 0 saturated heterocycles. The molecule has 0 rings (SSSR count). The van der Waals surface area contributed by atoms with Crippen molar-refractivity contribution < 1.29 is 0 Å². The summed E-state index contributed by atoms with van der Waals surface area (Å²) in [5, 5.41) is 0. The van der Waals surface area contributed by atoms with Crippen LogP contribution in [0.4, 0.5) is 0 Å². The number of hydrogen-bond acceptors (Lipinski definition) is 1. The summed E-state index contributed by atoms with van der Waals surface area (Å²) in [6.45, 7) is 12.9. The van der Waals surface area contributed by atoms with E-state index in [1.807, 2.05) is 0 Å². The number of hydrogen-bond donors (Lipinski definition) is 0. The maximum atomic E-state index is 2.52. The van der Waals surface area contributed by atoms with Gasteiger partial charge >= 0.3 is 0 Å². The lowest BCUT2D eigenvalue weighted by molar-refractivity contribution is 0.251. The normalized spacial score (nSPS) is 12.6. The van der Waals surface area contributed by atoms with Gasteiger partial charge in [-0.2, -0.15) is 0 Å². The molecule has 0 N–H and O–H groups in total. The minimum absolute atomic E-state index is 0. The van der Waals surface area contributed by atoms with Crippen LogP contribution < -0.4 is 0 Å². The van der Waals surface area contributed by atoms with E-state index >= 15 is 0 Å². The van der Waals surface area contributed by atoms with E-state index in [1.165, 1.54) is 45.3 Å².